The van der Waals surface area contributed by atoms with Crippen molar-refractivity contribution in [2.45, 2.75) is 6.92 Å². The summed E-state index contributed by atoms with van der Waals surface area (Å²) in [6.45, 7) is 1.87. The molecule has 0 aliphatic carbocycles. The molecule has 0 unspecified atom stereocenters. The number of nitrogens with one attached hydrogen (secondary N) is 1. The van der Waals surface area contributed by atoms with Crippen molar-refractivity contribution < 1.29 is 4.39 Å². The van der Waals surface area contributed by atoms with Crippen LogP contribution >= 0.6 is 23.8 Å². The van der Waals surface area contributed by atoms with E-state index in [1.54, 1.807) is 28.4 Å². The molecule has 98 valence electrons. The van der Waals surface area contributed by atoms with Crippen LogP contribution in [0.5, 0.6) is 0 Å². The van der Waals surface area contributed by atoms with Crippen LogP contribution in [0, 0.1) is 17.5 Å². The van der Waals surface area contributed by atoms with Crippen LogP contribution in [-0.4, -0.2) is 19.3 Å². The summed E-state index contributed by atoms with van der Waals surface area (Å²) < 4.78 is 17.8. The molecule has 19 heavy (non-hydrogen) atoms. The van der Waals surface area contributed by atoms with Gasteiger partial charge in [0.1, 0.15) is 11.3 Å². The summed E-state index contributed by atoms with van der Waals surface area (Å²) in [6, 6.07) is 4.49. The van der Waals surface area contributed by atoms with E-state index in [1.165, 1.54) is 6.07 Å². The molecule has 0 radical (unpaired) electrons. The van der Waals surface area contributed by atoms with E-state index in [9.17, 15) is 4.39 Å². The lowest BCUT2D eigenvalue weighted by Gasteiger charge is -2.06. The zero-order valence-electron chi connectivity index (χ0n) is 10.2. The summed E-state index contributed by atoms with van der Waals surface area (Å²) in [6.07, 6.45) is 0. The molecule has 0 bridgehead atoms. The van der Waals surface area contributed by atoms with Gasteiger partial charge in [-0.3, -0.25) is 4.57 Å². The van der Waals surface area contributed by atoms with Crippen molar-refractivity contribution in [1.29, 1.82) is 0 Å². The Kier molecular flexibility index (Phi) is 2.72. The average Bonchev–Trinajstić information content (AvgIpc) is 2.79. The first kappa shape index (κ1) is 12.4. The zero-order valence-corrected chi connectivity index (χ0v) is 11.8. The summed E-state index contributed by atoms with van der Waals surface area (Å²) in [4.78, 5) is 3.05. The van der Waals surface area contributed by atoms with Crippen molar-refractivity contribution in [2.75, 3.05) is 0 Å². The number of nitrogens with zero attached hydrogens (tertiary/aromatic N) is 3. The van der Waals surface area contributed by atoms with Gasteiger partial charge < -0.3 is 4.98 Å². The highest BCUT2D eigenvalue weighted by Gasteiger charge is 2.16. The zero-order chi connectivity index (χ0) is 13.7. The van der Waals surface area contributed by atoms with Gasteiger partial charge in [-0.2, -0.15) is 5.10 Å². The predicted molar refractivity (Wildman–Crippen MR) is 74.9 cm³/mol. The Morgan fingerprint density at radius 1 is 1.42 bits per heavy atom. The highest BCUT2D eigenvalue weighted by molar-refractivity contribution is 7.71. The van der Waals surface area contributed by atoms with E-state index in [-0.39, 0.29) is 0 Å². The Bertz CT molecular complexity index is 845. The highest BCUT2D eigenvalue weighted by atomic mass is 35.5. The molecule has 4 nitrogen and oxygen atoms in total. The second-order valence-electron chi connectivity index (χ2n) is 4.27. The second kappa shape index (κ2) is 4.18. The van der Waals surface area contributed by atoms with Crippen molar-refractivity contribution in [3.8, 4) is 5.69 Å². The second-order valence-corrected chi connectivity index (χ2v) is 5.09. The van der Waals surface area contributed by atoms with Crippen LogP contribution in [0.15, 0.2) is 18.2 Å². The van der Waals surface area contributed by atoms with Crippen molar-refractivity contribution >= 4 is 35.0 Å². The van der Waals surface area contributed by atoms with Gasteiger partial charge in [-0.25, -0.2) is 9.07 Å². The Balaban J connectivity index is 2.42. The van der Waals surface area contributed by atoms with Gasteiger partial charge in [0.15, 0.2) is 10.4 Å². The van der Waals surface area contributed by atoms with Crippen molar-refractivity contribution in [3.05, 3.63) is 39.5 Å². The monoisotopic (exact) mass is 296 g/mol. The first-order chi connectivity index (χ1) is 8.99. The number of aryl methyl sites for hydroxylation is 2. The summed E-state index contributed by atoms with van der Waals surface area (Å²) in [5.74, 6) is -0.427. The number of hydrogen-bond donors (Lipinski definition) is 1. The minimum atomic E-state index is -0.427. The summed E-state index contributed by atoms with van der Waals surface area (Å²) in [7, 11) is 1.79. The Morgan fingerprint density at radius 2 is 2.16 bits per heavy atom. The third kappa shape index (κ3) is 1.79. The Hall–Kier alpha value is -1.66. The fourth-order valence-corrected chi connectivity index (χ4v) is 2.64. The lowest BCUT2D eigenvalue weighted by Crippen LogP contribution is -2.02. The molecule has 0 spiro atoms. The van der Waals surface area contributed by atoms with E-state index in [0.717, 1.165) is 16.9 Å². The van der Waals surface area contributed by atoms with E-state index in [1.807, 2.05) is 6.92 Å². The normalized spacial score (nSPS) is 11.4. The number of halogens is 2. The molecule has 3 aromatic rings. The van der Waals surface area contributed by atoms with Crippen LogP contribution in [0.25, 0.3) is 16.9 Å². The standard InChI is InChI=1S/C12H10ClFN4S/c1-6-10-11(17(2)16-6)18(12(19)15-10)9-4-3-7(13)5-8(9)14/h3-5H,1-2H3,(H,15,19). The molecular weight excluding hydrogens is 287 g/mol. The van der Waals surface area contributed by atoms with Crippen LogP contribution in [0.3, 0.4) is 0 Å². The predicted octanol–water partition coefficient (Wildman–Crippen LogP) is 3.52. The highest BCUT2D eigenvalue weighted by Crippen LogP contribution is 2.24. The number of aromatic nitrogens is 4. The van der Waals surface area contributed by atoms with Gasteiger partial charge in [0.25, 0.3) is 0 Å². The summed E-state index contributed by atoms with van der Waals surface area (Å²) in [5.41, 5.74) is 2.70. The number of imidazole rings is 1. The third-order valence-electron chi connectivity index (χ3n) is 2.99. The molecule has 0 saturated carbocycles. The minimum Gasteiger partial charge on any atom is -0.327 e. The number of benzene rings is 1. The van der Waals surface area contributed by atoms with E-state index < -0.39 is 5.82 Å². The summed E-state index contributed by atoms with van der Waals surface area (Å²) >= 11 is 11.0. The number of rotatable bonds is 1. The van der Waals surface area contributed by atoms with Gasteiger partial charge in [0, 0.05) is 12.1 Å². The maximum atomic E-state index is 14.1. The van der Waals surface area contributed by atoms with E-state index >= 15 is 0 Å². The van der Waals surface area contributed by atoms with E-state index in [4.69, 9.17) is 23.8 Å². The van der Waals surface area contributed by atoms with Crippen molar-refractivity contribution in [3.63, 3.8) is 0 Å². The van der Waals surface area contributed by atoms with Crippen LogP contribution in [0.4, 0.5) is 4.39 Å². The average molecular weight is 297 g/mol. The van der Waals surface area contributed by atoms with Crippen LogP contribution in [0.1, 0.15) is 5.69 Å². The van der Waals surface area contributed by atoms with Crippen molar-refractivity contribution in [2.24, 2.45) is 7.05 Å². The Labute approximate surface area is 118 Å². The van der Waals surface area contributed by atoms with Gasteiger partial charge in [0.2, 0.25) is 0 Å². The molecule has 0 saturated heterocycles. The number of fused-ring (bicyclic) bond motifs is 1. The summed E-state index contributed by atoms with van der Waals surface area (Å²) in [5, 5.41) is 4.64. The van der Waals surface area contributed by atoms with Crippen LogP contribution in [-0.2, 0) is 7.05 Å². The molecular formula is C12H10ClFN4S. The number of aromatic amines is 1. The van der Waals surface area contributed by atoms with E-state index in [2.05, 4.69) is 10.1 Å². The molecule has 0 fully saturated rings. The number of hydrogen-bond acceptors (Lipinski definition) is 2. The smallest absolute Gasteiger partial charge is 0.184 e. The molecule has 0 atom stereocenters. The first-order valence-corrected chi connectivity index (χ1v) is 6.37. The fourth-order valence-electron chi connectivity index (χ4n) is 2.19. The van der Waals surface area contributed by atoms with Crippen LogP contribution in [0.2, 0.25) is 5.02 Å². The minimum absolute atomic E-state index is 0.348. The molecule has 7 heteroatoms. The maximum absolute atomic E-state index is 14.1. The van der Waals surface area contributed by atoms with E-state index in [0.29, 0.717) is 15.5 Å². The SMILES string of the molecule is Cc1nn(C)c2c1[nH]c(=S)n2-c1ccc(Cl)cc1F. The first-order valence-electron chi connectivity index (χ1n) is 5.59. The lowest BCUT2D eigenvalue weighted by atomic mass is 10.3. The van der Waals surface area contributed by atoms with Gasteiger partial charge >= 0.3 is 0 Å². The molecule has 0 aliphatic rings. The lowest BCUT2D eigenvalue weighted by molar-refractivity contribution is 0.617. The van der Waals surface area contributed by atoms with Gasteiger partial charge in [0.05, 0.1) is 11.4 Å². The molecule has 0 aliphatic heterocycles. The number of H-pyrrole nitrogens is 1. The molecule has 1 aromatic carbocycles. The van der Waals surface area contributed by atoms with Crippen LogP contribution < -0.4 is 0 Å². The van der Waals surface area contributed by atoms with Gasteiger partial charge in [-0.1, -0.05) is 11.6 Å². The maximum Gasteiger partial charge on any atom is 0.184 e. The van der Waals surface area contributed by atoms with Gasteiger partial charge in [-0.05, 0) is 37.3 Å². The Morgan fingerprint density at radius 3 is 2.84 bits per heavy atom. The van der Waals surface area contributed by atoms with Crippen molar-refractivity contribution in [1.82, 2.24) is 19.3 Å². The molecule has 2 aromatic heterocycles. The molecule has 0 amide bonds. The third-order valence-corrected chi connectivity index (χ3v) is 3.51. The van der Waals surface area contributed by atoms with Gasteiger partial charge in [-0.15, -0.1) is 0 Å². The fraction of sp³-hybridized carbons (Fsp3) is 0.167. The molecule has 3 rings (SSSR count). The topological polar surface area (TPSA) is 38.5 Å². The molecule has 1 N–H and O–H groups in total. The molecule has 2 heterocycles. The quantitative estimate of drug-likeness (QED) is 0.698. The largest absolute Gasteiger partial charge is 0.327 e.